The summed E-state index contributed by atoms with van der Waals surface area (Å²) in [6.45, 7) is 0.680. The molecule has 0 spiro atoms. The van der Waals surface area contributed by atoms with Crippen LogP contribution in [-0.4, -0.2) is 19.8 Å². The van der Waals surface area contributed by atoms with E-state index in [9.17, 15) is 0 Å². The topological polar surface area (TPSA) is 44.5 Å². The largest absolute Gasteiger partial charge is 0.381 e. The van der Waals surface area contributed by atoms with Gasteiger partial charge in [-0.15, -0.1) is 12.4 Å². The van der Waals surface area contributed by atoms with Crippen LogP contribution in [0.3, 0.4) is 0 Å². The molecule has 2 unspecified atom stereocenters. The van der Waals surface area contributed by atoms with E-state index in [1.54, 1.807) is 7.11 Å². The lowest BCUT2D eigenvalue weighted by molar-refractivity contribution is 0.0173. The molecule has 0 aromatic rings. The van der Waals surface area contributed by atoms with Crippen LogP contribution >= 0.6 is 12.4 Å². The molecule has 0 heterocycles. The lowest BCUT2D eigenvalue weighted by atomic mass is 9.88. The number of methoxy groups -OCH3 is 1. The highest BCUT2D eigenvalue weighted by Crippen LogP contribution is 2.25. The first-order valence-corrected chi connectivity index (χ1v) is 4.21. The molecule has 1 fully saturated rings. The van der Waals surface area contributed by atoms with Crippen LogP contribution in [0.25, 0.3) is 0 Å². The molecule has 0 bridgehead atoms. The molecule has 0 aromatic carbocycles. The van der Waals surface area contributed by atoms with E-state index < -0.39 is 0 Å². The first-order chi connectivity index (χ1) is 5.36. The van der Waals surface area contributed by atoms with Crippen molar-refractivity contribution in [2.24, 2.45) is 11.8 Å². The van der Waals surface area contributed by atoms with Gasteiger partial charge in [-0.2, -0.15) is 0 Å². The van der Waals surface area contributed by atoms with Gasteiger partial charge in [0.25, 0.3) is 0 Å². The predicted octanol–water partition coefficient (Wildman–Crippen LogP) is 1.50. The summed E-state index contributed by atoms with van der Waals surface area (Å²) >= 11 is 0. The molecule has 2 N–H and O–H groups in total. The Morgan fingerprint density at radius 2 is 2.17 bits per heavy atom. The van der Waals surface area contributed by atoms with Gasteiger partial charge >= 0.3 is 0 Å². The van der Waals surface area contributed by atoms with Crippen molar-refractivity contribution in [3.63, 3.8) is 0 Å². The molecule has 0 aliphatic heterocycles. The predicted molar refractivity (Wildman–Crippen MR) is 50.1 cm³/mol. The average Bonchev–Trinajstić information content (AvgIpc) is 2.06. The Balaban J connectivity index is 0.00000121. The SMILES string of the molecule is COC1CCCC(CON)C1.Cl. The highest BCUT2D eigenvalue weighted by Gasteiger charge is 2.21. The number of halogens is 1. The molecule has 1 aliphatic rings. The molecule has 12 heavy (non-hydrogen) atoms. The monoisotopic (exact) mass is 195 g/mol. The van der Waals surface area contributed by atoms with Crippen molar-refractivity contribution < 1.29 is 9.57 Å². The van der Waals surface area contributed by atoms with E-state index in [1.807, 2.05) is 0 Å². The third-order valence-electron chi connectivity index (χ3n) is 2.40. The van der Waals surface area contributed by atoms with Crippen molar-refractivity contribution in [1.29, 1.82) is 0 Å². The molecule has 1 aliphatic carbocycles. The summed E-state index contributed by atoms with van der Waals surface area (Å²) in [4.78, 5) is 4.62. The van der Waals surface area contributed by atoms with E-state index >= 15 is 0 Å². The molecule has 0 amide bonds. The van der Waals surface area contributed by atoms with Gasteiger partial charge in [-0.05, 0) is 25.2 Å². The maximum Gasteiger partial charge on any atom is 0.0708 e. The van der Waals surface area contributed by atoms with E-state index in [1.165, 1.54) is 19.3 Å². The molecular formula is C8H18ClNO2. The van der Waals surface area contributed by atoms with Crippen molar-refractivity contribution in [2.45, 2.75) is 31.8 Å². The Kier molecular flexibility index (Phi) is 6.76. The quantitative estimate of drug-likeness (QED) is 0.695. The van der Waals surface area contributed by atoms with E-state index in [2.05, 4.69) is 4.84 Å². The highest BCUT2D eigenvalue weighted by atomic mass is 35.5. The van der Waals surface area contributed by atoms with Gasteiger partial charge in [0, 0.05) is 7.11 Å². The fourth-order valence-electron chi connectivity index (χ4n) is 1.74. The number of hydrogen-bond acceptors (Lipinski definition) is 3. The summed E-state index contributed by atoms with van der Waals surface area (Å²) in [5.41, 5.74) is 0. The summed E-state index contributed by atoms with van der Waals surface area (Å²) in [6.07, 6.45) is 5.21. The first kappa shape index (κ1) is 12.2. The van der Waals surface area contributed by atoms with Crippen LogP contribution in [0.2, 0.25) is 0 Å². The summed E-state index contributed by atoms with van der Waals surface area (Å²) in [5, 5.41) is 0. The zero-order chi connectivity index (χ0) is 8.10. The van der Waals surface area contributed by atoms with Crippen LogP contribution in [0.5, 0.6) is 0 Å². The number of rotatable bonds is 3. The minimum Gasteiger partial charge on any atom is -0.381 e. The van der Waals surface area contributed by atoms with Crippen LogP contribution in [0.15, 0.2) is 0 Å². The van der Waals surface area contributed by atoms with Crippen molar-refractivity contribution >= 4 is 12.4 Å². The second kappa shape index (κ2) is 6.66. The molecule has 74 valence electrons. The van der Waals surface area contributed by atoms with Crippen LogP contribution < -0.4 is 5.90 Å². The second-order valence-corrected chi connectivity index (χ2v) is 3.22. The molecule has 0 radical (unpaired) electrons. The zero-order valence-electron chi connectivity index (χ0n) is 7.49. The van der Waals surface area contributed by atoms with Gasteiger partial charge in [-0.3, -0.25) is 0 Å². The fourth-order valence-corrected chi connectivity index (χ4v) is 1.74. The van der Waals surface area contributed by atoms with Gasteiger partial charge in [-0.25, -0.2) is 5.90 Å². The third kappa shape index (κ3) is 3.72. The smallest absolute Gasteiger partial charge is 0.0708 e. The Hall–Kier alpha value is 0.170. The standard InChI is InChI=1S/C8H17NO2.ClH/c1-10-8-4-2-3-7(5-8)6-11-9;/h7-8H,2-6,9H2,1H3;1H. The van der Waals surface area contributed by atoms with Crippen molar-refractivity contribution in [2.75, 3.05) is 13.7 Å². The van der Waals surface area contributed by atoms with Crippen LogP contribution in [0.4, 0.5) is 0 Å². The number of ether oxygens (including phenoxy) is 1. The highest BCUT2D eigenvalue weighted by molar-refractivity contribution is 5.85. The van der Waals surface area contributed by atoms with Gasteiger partial charge in [-0.1, -0.05) is 6.42 Å². The van der Waals surface area contributed by atoms with E-state index in [0.717, 1.165) is 6.42 Å². The molecule has 4 heteroatoms. The number of hydrogen-bond donors (Lipinski definition) is 1. The summed E-state index contributed by atoms with van der Waals surface area (Å²) in [5.74, 6) is 5.62. The van der Waals surface area contributed by atoms with Crippen LogP contribution in [-0.2, 0) is 9.57 Å². The molecule has 1 rings (SSSR count). The Morgan fingerprint density at radius 1 is 1.42 bits per heavy atom. The fraction of sp³-hybridized carbons (Fsp3) is 1.00. The van der Waals surface area contributed by atoms with Gasteiger partial charge in [0.1, 0.15) is 0 Å². The van der Waals surface area contributed by atoms with Crippen molar-refractivity contribution in [3.8, 4) is 0 Å². The van der Waals surface area contributed by atoms with Crippen molar-refractivity contribution in [1.82, 2.24) is 0 Å². The Bertz CT molecular complexity index is 111. The summed E-state index contributed by atoms with van der Waals surface area (Å²) in [7, 11) is 1.77. The molecule has 3 nitrogen and oxygen atoms in total. The summed E-state index contributed by atoms with van der Waals surface area (Å²) < 4.78 is 5.27. The first-order valence-electron chi connectivity index (χ1n) is 4.21. The zero-order valence-corrected chi connectivity index (χ0v) is 8.31. The average molecular weight is 196 g/mol. The molecular weight excluding hydrogens is 178 g/mol. The van der Waals surface area contributed by atoms with Gasteiger partial charge in [0.15, 0.2) is 0 Å². The van der Waals surface area contributed by atoms with Gasteiger partial charge in [0.2, 0.25) is 0 Å². The number of nitrogens with two attached hydrogens (primary N) is 1. The maximum absolute atomic E-state index is 5.27. The van der Waals surface area contributed by atoms with E-state index in [-0.39, 0.29) is 12.4 Å². The van der Waals surface area contributed by atoms with Crippen LogP contribution in [0.1, 0.15) is 25.7 Å². The van der Waals surface area contributed by atoms with E-state index in [4.69, 9.17) is 10.6 Å². The minimum atomic E-state index is 0. The van der Waals surface area contributed by atoms with Gasteiger partial charge in [0.05, 0.1) is 12.7 Å². The Morgan fingerprint density at radius 3 is 2.75 bits per heavy atom. The molecule has 1 saturated carbocycles. The Labute approximate surface area is 80.0 Å². The van der Waals surface area contributed by atoms with Crippen molar-refractivity contribution in [3.05, 3.63) is 0 Å². The summed E-state index contributed by atoms with van der Waals surface area (Å²) in [6, 6.07) is 0. The second-order valence-electron chi connectivity index (χ2n) is 3.22. The maximum atomic E-state index is 5.27. The molecule has 2 atom stereocenters. The molecule has 0 saturated heterocycles. The lowest BCUT2D eigenvalue weighted by Gasteiger charge is -2.27. The molecule has 0 aromatic heterocycles. The lowest BCUT2D eigenvalue weighted by Crippen LogP contribution is -2.25. The third-order valence-corrected chi connectivity index (χ3v) is 2.40. The van der Waals surface area contributed by atoms with Crippen LogP contribution in [0, 0.1) is 5.92 Å². The normalized spacial score (nSPS) is 29.5. The van der Waals surface area contributed by atoms with Gasteiger partial charge < -0.3 is 9.57 Å². The minimum absolute atomic E-state index is 0. The van der Waals surface area contributed by atoms with E-state index in [0.29, 0.717) is 18.6 Å².